The van der Waals surface area contributed by atoms with E-state index < -0.39 is 0 Å². The molecule has 0 saturated heterocycles. The van der Waals surface area contributed by atoms with E-state index >= 15 is 0 Å². The van der Waals surface area contributed by atoms with Crippen molar-refractivity contribution >= 4 is 17.2 Å². The first-order valence-corrected chi connectivity index (χ1v) is 8.89. The SMILES string of the molecule is C[C@@H]1CCc2nn(CCNC(=O)Cc3cccs3)c(=O)cc2C1. The van der Waals surface area contributed by atoms with E-state index in [1.807, 2.05) is 17.5 Å². The van der Waals surface area contributed by atoms with Crippen LogP contribution in [0.4, 0.5) is 0 Å². The maximum atomic E-state index is 12.1. The summed E-state index contributed by atoms with van der Waals surface area (Å²) in [6, 6.07) is 5.59. The molecule has 0 fully saturated rings. The predicted molar refractivity (Wildman–Crippen MR) is 90.7 cm³/mol. The van der Waals surface area contributed by atoms with Gasteiger partial charge in [0.25, 0.3) is 5.56 Å². The number of rotatable bonds is 5. The molecule has 1 aliphatic carbocycles. The second-order valence-corrected chi connectivity index (χ2v) is 7.16. The predicted octanol–water partition coefficient (Wildman–Crippen LogP) is 1.79. The monoisotopic (exact) mass is 331 g/mol. The molecule has 0 radical (unpaired) electrons. The summed E-state index contributed by atoms with van der Waals surface area (Å²) >= 11 is 1.57. The molecule has 0 aromatic carbocycles. The molecule has 0 unspecified atom stereocenters. The van der Waals surface area contributed by atoms with Crippen LogP contribution in [0.3, 0.4) is 0 Å². The van der Waals surface area contributed by atoms with Crippen molar-refractivity contribution in [1.82, 2.24) is 15.1 Å². The van der Waals surface area contributed by atoms with Crippen LogP contribution < -0.4 is 10.9 Å². The summed E-state index contributed by atoms with van der Waals surface area (Å²) in [6.07, 6.45) is 3.38. The maximum Gasteiger partial charge on any atom is 0.267 e. The molecular weight excluding hydrogens is 310 g/mol. The number of hydrogen-bond donors (Lipinski definition) is 1. The first-order chi connectivity index (χ1) is 11.1. The highest BCUT2D eigenvalue weighted by molar-refractivity contribution is 7.10. The molecule has 2 aromatic rings. The lowest BCUT2D eigenvalue weighted by Gasteiger charge is -2.21. The lowest BCUT2D eigenvalue weighted by molar-refractivity contribution is -0.120. The Labute approximate surface area is 139 Å². The third kappa shape index (κ3) is 4.07. The highest BCUT2D eigenvalue weighted by Gasteiger charge is 2.18. The van der Waals surface area contributed by atoms with Gasteiger partial charge in [-0.2, -0.15) is 5.10 Å². The van der Waals surface area contributed by atoms with Crippen molar-refractivity contribution in [3.8, 4) is 0 Å². The van der Waals surface area contributed by atoms with E-state index in [4.69, 9.17) is 0 Å². The summed E-state index contributed by atoms with van der Waals surface area (Å²) in [7, 11) is 0. The van der Waals surface area contributed by atoms with E-state index in [9.17, 15) is 9.59 Å². The molecule has 2 aromatic heterocycles. The van der Waals surface area contributed by atoms with Crippen molar-refractivity contribution in [2.75, 3.05) is 6.54 Å². The summed E-state index contributed by atoms with van der Waals surface area (Å²) in [5.74, 6) is 0.600. The Morgan fingerprint density at radius 2 is 2.39 bits per heavy atom. The smallest absolute Gasteiger partial charge is 0.267 e. The van der Waals surface area contributed by atoms with Crippen LogP contribution >= 0.6 is 11.3 Å². The highest BCUT2D eigenvalue weighted by Crippen LogP contribution is 2.22. The summed E-state index contributed by atoms with van der Waals surface area (Å²) in [5, 5.41) is 9.28. The molecular formula is C17H21N3O2S. The van der Waals surface area contributed by atoms with E-state index in [0.29, 0.717) is 25.4 Å². The summed E-state index contributed by atoms with van der Waals surface area (Å²) in [4.78, 5) is 25.0. The number of carbonyl (C=O) groups excluding carboxylic acids is 1. The van der Waals surface area contributed by atoms with Crippen molar-refractivity contribution < 1.29 is 4.79 Å². The Morgan fingerprint density at radius 1 is 1.52 bits per heavy atom. The van der Waals surface area contributed by atoms with Gasteiger partial charge in [0, 0.05) is 17.5 Å². The Balaban J connectivity index is 1.56. The fourth-order valence-corrected chi connectivity index (χ4v) is 3.61. The van der Waals surface area contributed by atoms with E-state index in [2.05, 4.69) is 17.3 Å². The number of thiophene rings is 1. The summed E-state index contributed by atoms with van der Waals surface area (Å²) in [5.41, 5.74) is 2.05. The van der Waals surface area contributed by atoms with Crippen molar-refractivity contribution in [2.45, 2.75) is 39.2 Å². The van der Waals surface area contributed by atoms with Crippen molar-refractivity contribution in [3.63, 3.8) is 0 Å². The van der Waals surface area contributed by atoms with Crippen LogP contribution in [-0.2, 0) is 30.6 Å². The Morgan fingerprint density at radius 3 is 3.17 bits per heavy atom. The molecule has 0 aliphatic heterocycles. The normalized spacial score (nSPS) is 16.8. The van der Waals surface area contributed by atoms with Gasteiger partial charge in [0.1, 0.15) is 0 Å². The number of amides is 1. The second kappa shape index (κ2) is 7.08. The molecule has 1 aliphatic rings. The number of hydrogen-bond acceptors (Lipinski definition) is 4. The van der Waals surface area contributed by atoms with Crippen LogP contribution in [0, 0.1) is 5.92 Å². The Hall–Kier alpha value is -1.95. The molecule has 122 valence electrons. The first-order valence-electron chi connectivity index (χ1n) is 8.01. The average molecular weight is 331 g/mol. The molecule has 23 heavy (non-hydrogen) atoms. The second-order valence-electron chi connectivity index (χ2n) is 6.13. The van der Waals surface area contributed by atoms with Gasteiger partial charge in [-0.3, -0.25) is 9.59 Å². The van der Waals surface area contributed by atoms with Gasteiger partial charge in [-0.05, 0) is 42.2 Å². The maximum absolute atomic E-state index is 12.1. The van der Waals surface area contributed by atoms with E-state index in [-0.39, 0.29) is 11.5 Å². The number of nitrogens with one attached hydrogen (secondary N) is 1. The summed E-state index contributed by atoms with van der Waals surface area (Å²) in [6.45, 7) is 3.04. The third-order valence-corrected chi connectivity index (χ3v) is 5.04. The Kier molecular flexibility index (Phi) is 4.91. The number of carbonyl (C=O) groups is 1. The van der Waals surface area contributed by atoms with Gasteiger partial charge in [0.05, 0.1) is 18.7 Å². The van der Waals surface area contributed by atoms with Crippen LogP contribution in [-0.4, -0.2) is 22.2 Å². The molecule has 0 bridgehead atoms. The molecule has 0 saturated carbocycles. The number of aryl methyl sites for hydroxylation is 1. The van der Waals surface area contributed by atoms with Crippen molar-refractivity contribution in [2.24, 2.45) is 5.92 Å². The van der Waals surface area contributed by atoms with Crippen LogP contribution in [0.5, 0.6) is 0 Å². The van der Waals surface area contributed by atoms with Gasteiger partial charge in [-0.15, -0.1) is 11.3 Å². The molecule has 1 atom stereocenters. The lowest BCUT2D eigenvalue weighted by Crippen LogP contribution is -2.34. The highest BCUT2D eigenvalue weighted by atomic mass is 32.1. The molecule has 2 heterocycles. The minimum atomic E-state index is -0.0784. The van der Waals surface area contributed by atoms with Gasteiger partial charge in [-0.1, -0.05) is 13.0 Å². The van der Waals surface area contributed by atoms with E-state index in [0.717, 1.165) is 35.4 Å². The first kappa shape index (κ1) is 15.9. The van der Waals surface area contributed by atoms with E-state index in [1.165, 1.54) is 4.68 Å². The lowest BCUT2D eigenvalue weighted by atomic mass is 9.88. The quantitative estimate of drug-likeness (QED) is 0.908. The molecule has 0 spiro atoms. The van der Waals surface area contributed by atoms with Crippen LogP contribution in [0.1, 0.15) is 29.5 Å². The topological polar surface area (TPSA) is 64.0 Å². The molecule has 1 amide bonds. The molecule has 1 N–H and O–H groups in total. The van der Waals surface area contributed by atoms with Crippen LogP contribution in [0.15, 0.2) is 28.4 Å². The fraction of sp³-hybridized carbons (Fsp3) is 0.471. The Bertz CT molecular complexity index is 737. The van der Waals surface area contributed by atoms with Gasteiger partial charge >= 0.3 is 0 Å². The molecule has 3 rings (SSSR count). The summed E-state index contributed by atoms with van der Waals surface area (Å²) < 4.78 is 1.47. The minimum absolute atomic E-state index is 0.0210. The molecule has 5 nitrogen and oxygen atoms in total. The standard InChI is InChI=1S/C17H21N3O2S/c1-12-4-5-15-13(9-12)10-17(22)20(19-15)7-6-18-16(21)11-14-3-2-8-23-14/h2-3,8,10,12H,4-7,9,11H2,1H3,(H,18,21)/t12-/m1/s1. The number of aromatic nitrogens is 2. The largest absolute Gasteiger partial charge is 0.354 e. The fourth-order valence-electron chi connectivity index (χ4n) is 2.91. The molecule has 6 heteroatoms. The van der Waals surface area contributed by atoms with Crippen molar-refractivity contribution in [1.29, 1.82) is 0 Å². The van der Waals surface area contributed by atoms with Gasteiger partial charge in [-0.25, -0.2) is 4.68 Å². The van der Waals surface area contributed by atoms with Gasteiger partial charge in [0.15, 0.2) is 0 Å². The third-order valence-electron chi connectivity index (χ3n) is 4.17. The van der Waals surface area contributed by atoms with E-state index in [1.54, 1.807) is 17.4 Å². The zero-order valence-electron chi connectivity index (χ0n) is 13.2. The zero-order chi connectivity index (χ0) is 16.2. The number of nitrogens with zero attached hydrogens (tertiary/aromatic N) is 2. The van der Waals surface area contributed by atoms with Crippen LogP contribution in [0.25, 0.3) is 0 Å². The van der Waals surface area contributed by atoms with Gasteiger partial charge < -0.3 is 5.32 Å². The average Bonchev–Trinajstić information content (AvgIpc) is 3.00. The minimum Gasteiger partial charge on any atom is -0.354 e. The zero-order valence-corrected chi connectivity index (χ0v) is 14.1. The van der Waals surface area contributed by atoms with Gasteiger partial charge in [0.2, 0.25) is 5.91 Å². The number of fused-ring (bicyclic) bond motifs is 1. The van der Waals surface area contributed by atoms with Crippen LogP contribution in [0.2, 0.25) is 0 Å². The van der Waals surface area contributed by atoms with Crippen molar-refractivity contribution in [3.05, 3.63) is 50.1 Å².